The molecule has 3 heterocycles. The summed E-state index contributed by atoms with van der Waals surface area (Å²) in [6.07, 6.45) is 1.21. The Balaban J connectivity index is 1.32. The Hall–Kier alpha value is -3.08. The lowest BCUT2D eigenvalue weighted by Gasteiger charge is -2.30. The molecule has 5 rings (SSSR count). The number of sulfonamides is 1. The van der Waals surface area contributed by atoms with Crippen LogP contribution in [0.4, 0.5) is 5.13 Å². The van der Waals surface area contributed by atoms with Crippen molar-refractivity contribution in [2.75, 3.05) is 18.4 Å². The van der Waals surface area contributed by atoms with Crippen molar-refractivity contribution in [3.8, 4) is 11.3 Å². The van der Waals surface area contributed by atoms with Gasteiger partial charge < -0.3 is 9.84 Å². The number of benzene rings is 2. The molecule has 0 saturated carbocycles. The number of thiazole rings is 1. The number of nitrogens with zero attached hydrogens (tertiary/aromatic N) is 3. The zero-order valence-corrected chi connectivity index (χ0v) is 20.4. The topological polar surface area (TPSA) is 105 Å². The van der Waals surface area contributed by atoms with Gasteiger partial charge in [0, 0.05) is 24.0 Å². The van der Waals surface area contributed by atoms with Gasteiger partial charge >= 0.3 is 0 Å². The van der Waals surface area contributed by atoms with Crippen molar-refractivity contribution in [2.24, 2.45) is 5.92 Å². The molecule has 10 heteroatoms. The van der Waals surface area contributed by atoms with Crippen molar-refractivity contribution in [3.05, 3.63) is 59.3 Å². The second-order valence-corrected chi connectivity index (χ2v) is 11.1. The number of amides is 1. The van der Waals surface area contributed by atoms with Crippen LogP contribution >= 0.6 is 11.3 Å². The van der Waals surface area contributed by atoms with Crippen molar-refractivity contribution < 1.29 is 17.7 Å². The van der Waals surface area contributed by atoms with E-state index >= 15 is 0 Å². The molecule has 0 aliphatic carbocycles. The van der Waals surface area contributed by atoms with Gasteiger partial charge in [0.05, 0.1) is 11.6 Å². The highest BCUT2D eigenvalue weighted by Gasteiger charge is 2.36. The summed E-state index contributed by atoms with van der Waals surface area (Å²) in [6.45, 7) is 3.66. The minimum Gasteiger partial charge on any atom is -0.360 e. The molecule has 1 fully saturated rings. The maximum absolute atomic E-state index is 13.2. The molecule has 176 valence electrons. The predicted octanol–water partition coefficient (Wildman–Crippen LogP) is 4.61. The van der Waals surface area contributed by atoms with Crippen LogP contribution in [0.1, 0.15) is 24.3 Å². The molecule has 4 aromatic rings. The largest absolute Gasteiger partial charge is 0.360 e. The summed E-state index contributed by atoms with van der Waals surface area (Å²) >= 11 is 1.36. The molecule has 0 unspecified atom stereocenters. The molecule has 1 saturated heterocycles. The minimum absolute atomic E-state index is 0.0909. The summed E-state index contributed by atoms with van der Waals surface area (Å²) < 4.78 is 32.7. The van der Waals surface area contributed by atoms with Crippen LogP contribution < -0.4 is 5.32 Å². The summed E-state index contributed by atoms with van der Waals surface area (Å²) in [5, 5.41) is 11.3. The van der Waals surface area contributed by atoms with E-state index in [-0.39, 0.29) is 23.1 Å². The Morgan fingerprint density at radius 2 is 1.97 bits per heavy atom. The lowest BCUT2D eigenvalue weighted by Crippen LogP contribution is -2.43. The second kappa shape index (κ2) is 8.94. The molecular weight excluding hydrogens is 472 g/mol. The first-order valence-corrected chi connectivity index (χ1v) is 13.3. The molecule has 1 aliphatic heterocycles. The zero-order valence-electron chi connectivity index (χ0n) is 18.8. The fraction of sp³-hybridized carbons (Fsp3) is 0.292. The van der Waals surface area contributed by atoms with Crippen molar-refractivity contribution in [1.82, 2.24) is 14.4 Å². The highest BCUT2D eigenvalue weighted by molar-refractivity contribution is 7.89. The first-order valence-electron chi connectivity index (χ1n) is 11.0. The Morgan fingerprint density at radius 1 is 1.18 bits per heavy atom. The molecule has 1 N–H and O–H groups in total. The monoisotopic (exact) mass is 496 g/mol. The van der Waals surface area contributed by atoms with E-state index in [2.05, 4.69) is 33.7 Å². The van der Waals surface area contributed by atoms with Crippen LogP contribution in [0.2, 0.25) is 0 Å². The van der Waals surface area contributed by atoms with Crippen molar-refractivity contribution in [2.45, 2.75) is 31.6 Å². The van der Waals surface area contributed by atoms with E-state index in [1.54, 1.807) is 13.8 Å². The lowest BCUT2D eigenvalue weighted by atomic mass is 9.99. The van der Waals surface area contributed by atoms with Crippen molar-refractivity contribution in [1.29, 1.82) is 0 Å². The number of rotatable bonds is 5. The van der Waals surface area contributed by atoms with Gasteiger partial charge in [0.1, 0.15) is 10.6 Å². The Morgan fingerprint density at radius 3 is 2.76 bits per heavy atom. The van der Waals surface area contributed by atoms with Crippen LogP contribution in [0.3, 0.4) is 0 Å². The number of fused-ring (bicyclic) bond motifs is 1. The highest BCUT2D eigenvalue weighted by Crippen LogP contribution is 2.32. The standard InChI is InChI=1S/C24H24N4O4S2/c1-15-22(16(2)32-27-15)34(30,31)28-12-6-9-18(13-28)23(29)26-24-25-21(14-33-24)20-11-5-8-17-7-3-4-10-19(17)20/h3-5,7-8,10-11,14,18H,6,9,12-13H2,1-2H3,(H,25,26,29)/t18-/m1/s1. The van der Waals surface area contributed by atoms with Crippen molar-refractivity contribution >= 4 is 43.2 Å². The van der Waals surface area contributed by atoms with E-state index in [1.165, 1.54) is 15.6 Å². The molecule has 2 aromatic heterocycles. The molecule has 0 bridgehead atoms. The lowest BCUT2D eigenvalue weighted by molar-refractivity contribution is -0.120. The second-order valence-electron chi connectivity index (χ2n) is 8.41. The summed E-state index contributed by atoms with van der Waals surface area (Å²) in [4.78, 5) is 17.7. The summed E-state index contributed by atoms with van der Waals surface area (Å²) in [5.74, 6) is -0.431. The molecule has 8 nitrogen and oxygen atoms in total. The van der Waals surface area contributed by atoms with Gasteiger partial charge in [-0.15, -0.1) is 11.3 Å². The SMILES string of the molecule is Cc1noc(C)c1S(=O)(=O)N1CCC[C@@H](C(=O)Nc2nc(-c3cccc4ccccc34)cs2)C1. The van der Waals surface area contributed by atoms with E-state index in [1.807, 2.05) is 29.6 Å². The number of hydrogen-bond donors (Lipinski definition) is 1. The maximum atomic E-state index is 13.2. The molecule has 1 atom stereocenters. The molecule has 0 spiro atoms. The van der Waals surface area contributed by atoms with E-state index in [4.69, 9.17) is 4.52 Å². The van der Waals surface area contributed by atoms with Gasteiger partial charge in [-0.05, 0) is 37.5 Å². The fourth-order valence-corrected chi connectivity index (χ4v) is 6.99. The molecule has 1 amide bonds. The summed E-state index contributed by atoms with van der Waals surface area (Å²) in [6, 6.07) is 14.2. The van der Waals surface area contributed by atoms with Crippen LogP contribution in [0.15, 0.2) is 57.3 Å². The average Bonchev–Trinajstić information content (AvgIpc) is 3.44. The van der Waals surface area contributed by atoms with Crippen LogP contribution in [-0.2, 0) is 14.8 Å². The smallest absolute Gasteiger partial charge is 0.248 e. The third-order valence-corrected chi connectivity index (χ3v) is 8.99. The van der Waals surface area contributed by atoms with E-state index < -0.39 is 15.9 Å². The third kappa shape index (κ3) is 4.13. The van der Waals surface area contributed by atoms with Gasteiger partial charge in [-0.1, -0.05) is 47.6 Å². The van der Waals surface area contributed by atoms with Gasteiger partial charge in [-0.3, -0.25) is 4.79 Å². The summed E-state index contributed by atoms with van der Waals surface area (Å²) in [5.41, 5.74) is 2.13. The minimum atomic E-state index is -3.79. The molecule has 1 aliphatic rings. The van der Waals surface area contributed by atoms with Gasteiger partial charge in [-0.25, -0.2) is 13.4 Å². The number of anilines is 1. The number of aromatic nitrogens is 2. The van der Waals surface area contributed by atoms with Crippen LogP contribution in [0.5, 0.6) is 0 Å². The van der Waals surface area contributed by atoms with Crippen LogP contribution in [0.25, 0.3) is 22.0 Å². The third-order valence-electron chi connectivity index (χ3n) is 6.12. The van der Waals surface area contributed by atoms with E-state index in [0.717, 1.165) is 22.0 Å². The Kier molecular flexibility index (Phi) is 5.97. The predicted molar refractivity (Wildman–Crippen MR) is 131 cm³/mol. The quantitative estimate of drug-likeness (QED) is 0.433. The normalized spacial score (nSPS) is 17.2. The number of hydrogen-bond acceptors (Lipinski definition) is 7. The number of carbonyl (C=O) groups excluding carboxylic acids is 1. The first kappa shape index (κ1) is 22.7. The fourth-order valence-electron chi connectivity index (χ4n) is 4.46. The number of aryl methyl sites for hydroxylation is 2. The van der Waals surface area contributed by atoms with E-state index in [0.29, 0.717) is 30.2 Å². The van der Waals surface area contributed by atoms with Crippen LogP contribution in [-0.4, -0.2) is 41.9 Å². The van der Waals surface area contributed by atoms with E-state index in [9.17, 15) is 13.2 Å². The zero-order chi connectivity index (χ0) is 23.9. The Labute approximate surface area is 201 Å². The molecule has 34 heavy (non-hydrogen) atoms. The summed E-state index contributed by atoms with van der Waals surface area (Å²) in [7, 11) is -3.79. The molecule has 2 aromatic carbocycles. The Bertz CT molecular complexity index is 1450. The number of nitrogens with one attached hydrogen (secondary N) is 1. The molecule has 0 radical (unpaired) electrons. The van der Waals surface area contributed by atoms with Gasteiger partial charge in [0.2, 0.25) is 15.9 Å². The highest BCUT2D eigenvalue weighted by atomic mass is 32.2. The van der Waals surface area contributed by atoms with Gasteiger partial charge in [0.15, 0.2) is 10.9 Å². The van der Waals surface area contributed by atoms with Gasteiger partial charge in [0.25, 0.3) is 0 Å². The number of carbonyl (C=O) groups is 1. The van der Waals surface area contributed by atoms with Crippen molar-refractivity contribution in [3.63, 3.8) is 0 Å². The average molecular weight is 497 g/mol. The van der Waals surface area contributed by atoms with Gasteiger partial charge in [-0.2, -0.15) is 4.31 Å². The first-order chi connectivity index (χ1) is 16.3. The maximum Gasteiger partial charge on any atom is 0.248 e. The molecular formula is C24H24N4O4S2. The number of piperidine rings is 1. The van der Waals surface area contributed by atoms with Crippen LogP contribution in [0, 0.1) is 19.8 Å².